The van der Waals surface area contributed by atoms with Crippen molar-refractivity contribution in [3.05, 3.63) is 5.82 Å². The molecule has 6 nitrogen and oxygen atoms in total. The lowest BCUT2D eigenvalue weighted by Gasteiger charge is -2.26. The summed E-state index contributed by atoms with van der Waals surface area (Å²) in [6, 6.07) is -0.303. The van der Waals surface area contributed by atoms with Crippen LogP contribution in [-0.4, -0.2) is 32.2 Å². The Balaban J connectivity index is 1.73. The number of aromatic nitrogens is 4. The van der Waals surface area contributed by atoms with E-state index < -0.39 is 17.7 Å². The predicted octanol–water partition coefficient (Wildman–Crippen LogP) is 2.72. The minimum Gasteiger partial charge on any atom is -0.348 e. The number of amides is 1. The first-order chi connectivity index (χ1) is 11.1. The number of halogens is 2. The summed E-state index contributed by atoms with van der Waals surface area (Å²) in [5.74, 6) is -5.60. The van der Waals surface area contributed by atoms with E-state index in [0.717, 1.165) is 64.2 Å². The van der Waals surface area contributed by atoms with Gasteiger partial charge in [-0.1, -0.05) is 38.5 Å². The minimum atomic E-state index is -3.70. The second-order valence-electron chi connectivity index (χ2n) is 6.62. The van der Waals surface area contributed by atoms with Crippen LogP contribution in [0.15, 0.2) is 0 Å². The van der Waals surface area contributed by atoms with E-state index >= 15 is 0 Å². The van der Waals surface area contributed by atoms with E-state index in [9.17, 15) is 13.6 Å². The standard InChI is InChI=1S/C15H23F2N5O/c16-15(17,14(23)18-11-7-3-1-4-8-11)13-19-20-21-22(13)12-9-5-2-6-10-12/h11-12H,1-10H2,(H,18,23). The maximum absolute atomic E-state index is 14.6. The lowest BCUT2D eigenvalue weighted by molar-refractivity contribution is -0.149. The second-order valence-corrected chi connectivity index (χ2v) is 6.62. The normalized spacial score (nSPS) is 21.3. The zero-order valence-corrected chi connectivity index (χ0v) is 13.2. The SMILES string of the molecule is O=C(NC1CCCCC1)C(F)(F)c1nnnn1C1CCCCC1. The molecule has 0 unspecified atom stereocenters. The Hall–Kier alpha value is -1.60. The number of nitrogens with one attached hydrogen (secondary N) is 1. The van der Waals surface area contributed by atoms with Crippen molar-refractivity contribution in [1.29, 1.82) is 0 Å². The van der Waals surface area contributed by atoms with Crippen LogP contribution in [0.4, 0.5) is 8.78 Å². The van der Waals surface area contributed by atoms with E-state index in [0.29, 0.717) is 0 Å². The number of tetrazole rings is 1. The smallest absolute Gasteiger partial charge is 0.348 e. The number of hydrogen-bond donors (Lipinski definition) is 1. The zero-order valence-electron chi connectivity index (χ0n) is 13.2. The Morgan fingerprint density at radius 2 is 1.65 bits per heavy atom. The van der Waals surface area contributed by atoms with E-state index in [-0.39, 0.29) is 12.1 Å². The van der Waals surface area contributed by atoms with E-state index in [2.05, 4.69) is 20.8 Å². The fraction of sp³-hybridized carbons (Fsp3) is 0.867. The molecule has 2 aliphatic carbocycles. The van der Waals surface area contributed by atoms with Crippen molar-refractivity contribution in [2.45, 2.75) is 82.2 Å². The van der Waals surface area contributed by atoms with Gasteiger partial charge in [-0.05, 0) is 36.1 Å². The summed E-state index contributed by atoms with van der Waals surface area (Å²) in [6.45, 7) is 0. The number of carbonyl (C=O) groups is 1. The van der Waals surface area contributed by atoms with Crippen LogP contribution in [0.5, 0.6) is 0 Å². The van der Waals surface area contributed by atoms with Gasteiger partial charge >= 0.3 is 5.92 Å². The van der Waals surface area contributed by atoms with Gasteiger partial charge in [-0.2, -0.15) is 8.78 Å². The van der Waals surface area contributed by atoms with Crippen molar-refractivity contribution in [2.75, 3.05) is 0 Å². The number of alkyl halides is 2. The lowest BCUT2D eigenvalue weighted by atomic mass is 9.95. The summed E-state index contributed by atoms with van der Waals surface area (Å²) < 4.78 is 30.3. The largest absolute Gasteiger partial charge is 0.384 e. The van der Waals surface area contributed by atoms with Crippen LogP contribution < -0.4 is 5.32 Å². The molecule has 0 spiro atoms. The van der Waals surface area contributed by atoms with Gasteiger partial charge in [0.2, 0.25) is 5.82 Å². The summed E-state index contributed by atoms with van der Waals surface area (Å²) in [5.41, 5.74) is 0. The van der Waals surface area contributed by atoms with Crippen LogP contribution in [0.1, 0.15) is 76.1 Å². The van der Waals surface area contributed by atoms with E-state index in [4.69, 9.17) is 0 Å². The van der Waals surface area contributed by atoms with Crippen molar-refractivity contribution >= 4 is 5.91 Å². The maximum Gasteiger partial charge on any atom is 0.384 e. The van der Waals surface area contributed by atoms with Gasteiger partial charge in [-0.15, -0.1) is 5.10 Å². The summed E-state index contributed by atoms with van der Waals surface area (Å²) in [5, 5.41) is 13.1. The highest BCUT2D eigenvalue weighted by Gasteiger charge is 2.48. The predicted molar refractivity (Wildman–Crippen MR) is 78.8 cm³/mol. The van der Waals surface area contributed by atoms with Crippen LogP contribution in [0.25, 0.3) is 0 Å². The molecule has 0 radical (unpaired) electrons. The number of nitrogens with zero attached hydrogens (tertiary/aromatic N) is 4. The van der Waals surface area contributed by atoms with Crippen molar-refractivity contribution in [2.24, 2.45) is 0 Å². The third-order valence-corrected chi connectivity index (χ3v) is 4.92. The Labute approximate surface area is 134 Å². The molecule has 0 atom stereocenters. The van der Waals surface area contributed by atoms with Crippen LogP contribution in [0, 0.1) is 0 Å². The van der Waals surface area contributed by atoms with Crippen LogP contribution in [-0.2, 0) is 10.7 Å². The van der Waals surface area contributed by atoms with Crippen molar-refractivity contribution in [3.63, 3.8) is 0 Å². The molecule has 2 saturated carbocycles. The van der Waals surface area contributed by atoms with Gasteiger partial charge in [0.1, 0.15) is 0 Å². The molecule has 1 N–H and O–H groups in total. The molecule has 1 aromatic rings. The van der Waals surface area contributed by atoms with Gasteiger partial charge in [-0.3, -0.25) is 4.79 Å². The highest BCUT2D eigenvalue weighted by molar-refractivity contribution is 5.84. The topological polar surface area (TPSA) is 72.7 Å². The molecule has 8 heteroatoms. The molecule has 0 aliphatic heterocycles. The fourth-order valence-electron chi connectivity index (χ4n) is 3.60. The van der Waals surface area contributed by atoms with Gasteiger partial charge in [0, 0.05) is 6.04 Å². The minimum absolute atomic E-state index is 0.137. The lowest BCUT2D eigenvalue weighted by Crippen LogP contribution is -2.46. The molecule has 1 amide bonds. The highest BCUT2D eigenvalue weighted by atomic mass is 19.3. The fourth-order valence-corrected chi connectivity index (χ4v) is 3.60. The molecule has 3 rings (SSSR count). The van der Waals surface area contributed by atoms with Crippen molar-refractivity contribution in [3.8, 4) is 0 Å². The van der Waals surface area contributed by atoms with Gasteiger partial charge < -0.3 is 5.32 Å². The van der Waals surface area contributed by atoms with Gasteiger partial charge in [0.25, 0.3) is 5.91 Å². The molecule has 0 aromatic carbocycles. The molecule has 1 aromatic heterocycles. The summed E-state index contributed by atoms with van der Waals surface area (Å²) in [7, 11) is 0. The Bertz CT molecular complexity index is 536. The molecule has 128 valence electrons. The average molecular weight is 327 g/mol. The van der Waals surface area contributed by atoms with Crippen LogP contribution >= 0.6 is 0 Å². The Morgan fingerprint density at radius 1 is 1.04 bits per heavy atom. The summed E-state index contributed by atoms with van der Waals surface area (Å²) in [6.07, 6.45) is 9.16. The summed E-state index contributed by atoms with van der Waals surface area (Å²) >= 11 is 0. The maximum atomic E-state index is 14.6. The average Bonchev–Trinajstić information content (AvgIpc) is 3.07. The molecule has 0 saturated heterocycles. The first-order valence-corrected chi connectivity index (χ1v) is 8.56. The van der Waals surface area contributed by atoms with Crippen LogP contribution in [0.2, 0.25) is 0 Å². The number of carbonyl (C=O) groups excluding carboxylic acids is 1. The van der Waals surface area contributed by atoms with Crippen molar-refractivity contribution in [1.82, 2.24) is 25.5 Å². The van der Waals surface area contributed by atoms with E-state index in [1.54, 1.807) is 0 Å². The van der Waals surface area contributed by atoms with E-state index in [1.165, 1.54) is 4.68 Å². The Kier molecular flexibility index (Phi) is 4.87. The van der Waals surface area contributed by atoms with Gasteiger partial charge in [-0.25, -0.2) is 4.68 Å². The zero-order chi connectivity index (χ0) is 16.3. The first-order valence-electron chi connectivity index (χ1n) is 8.56. The third kappa shape index (κ3) is 3.50. The molecule has 2 aliphatic rings. The van der Waals surface area contributed by atoms with Crippen molar-refractivity contribution < 1.29 is 13.6 Å². The number of hydrogen-bond acceptors (Lipinski definition) is 4. The molecular formula is C15H23F2N5O. The quantitative estimate of drug-likeness (QED) is 0.923. The highest BCUT2D eigenvalue weighted by Crippen LogP contribution is 2.33. The molecule has 2 fully saturated rings. The van der Waals surface area contributed by atoms with Gasteiger partial charge in [0.15, 0.2) is 0 Å². The van der Waals surface area contributed by atoms with Crippen LogP contribution in [0.3, 0.4) is 0 Å². The Morgan fingerprint density at radius 3 is 2.30 bits per heavy atom. The third-order valence-electron chi connectivity index (χ3n) is 4.92. The molecule has 1 heterocycles. The van der Waals surface area contributed by atoms with Gasteiger partial charge in [0.05, 0.1) is 6.04 Å². The molecule has 0 bridgehead atoms. The second kappa shape index (κ2) is 6.88. The monoisotopic (exact) mass is 327 g/mol. The molecular weight excluding hydrogens is 304 g/mol. The van der Waals surface area contributed by atoms with E-state index in [1.807, 2.05) is 0 Å². The molecule has 23 heavy (non-hydrogen) atoms. The first kappa shape index (κ1) is 16.3. The number of rotatable bonds is 4. The summed E-state index contributed by atoms with van der Waals surface area (Å²) in [4.78, 5) is 12.1.